The lowest BCUT2D eigenvalue weighted by molar-refractivity contribution is -0.119. The number of nitrogens with zero attached hydrogens (tertiary/aromatic N) is 1. The van der Waals surface area contributed by atoms with E-state index in [1.165, 1.54) is 12.8 Å². The third-order valence-electron chi connectivity index (χ3n) is 4.19. The van der Waals surface area contributed by atoms with Crippen LogP contribution in [0.5, 0.6) is 5.75 Å². The predicted molar refractivity (Wildman–Crippen MR) is 117 cm³/mol. The highest BCUT2D eigenvalue weighted by atomic mass is 16.5. The average Bonchev–Trinajstić information content (AvgIpc) is 2.73. The third kappa shape index (κ3) is 7.66. The van der Waals surface area contributed by atoms with Crippen LogP contribution in [0.2, 0.25) is 0 Å². The van der Waals surface area contributed by atoms with E-state index in [4.69, 9.17) is 4.74 Å². The summed E-state index contributed by atoms with van der Waals surface area (Å²) in [6, 6.07) is 17.6. The first-order chi connectivity index (χ1) is 13.7. The van der Waals surface area contributed by atoms with Crippen LogP contribution in [-0.4, -0.2) is 25.8 Å². The molecule has 0 aliphatic carbocycles. The Labute approximate surface area is 167 Å². The molecule has 0 saturated heterocycles. The number of hydrazone groups is 1. The van der Waals surface area contributed by atoms with Crippen molar-refractivity contribution in [3.8, 4) is 5.75 Å². The largest absolute Gasteiger partial charge is 0.495 e. The van der Waals surface area contributed by atoms with Gasteiger partial charge in [0, 0.05) is 0 Å². The van der Waals surface area contributed by atoms with E-state index in [0.717, 1.165) is 29.7 Å². The molecule has 0 atom stereocenters. The van der Waals surface area contributed by atoms with E-state index in [0.29, 0.717) is 5.75 Å². The summed E-state index contributed by atoms with van der Waals surface area (Å²) in [5, 5.41) is 7.20. The molecule has 148 valence electrons. The van der Waals surface area contributed by atoms with Gasteiger partial charge in [0.05, 0.1) is 25.6 Å². The lowest BCUT2D eigenvalue weighted by atomic mass is 10.1. The van der Waals surface area contributed by atoms with E-state index in [-0.39, 0.29) is 12.5 Å². The maximum absolute atomic E-state index is 12.1. The molecule has 0 aromatic heterocycles. The number of carbonyl (C=O) groups is 1. The van der Waals surface area contributed by atoms with Crippen molar-refractivity contribution >= 4 is 23.9 Å². The van der Waals surface area contributed by atoms with Gasteiger partial charge >= 0.3 is 0 Å². The standard InChI is InChI=1S/C23H29N3O2/c1-3-4-6-13-20(16-19-11-7-5-8-12-19)17-25-26-23(27)18-24-21-14-9-10-15-22(21)28-2/h5,7-12,14-17,24H,3-4,6,13,18H2,1-2H3,(H,26,27)/b20-16+,25-17-. The number of rotatable bonds is 11. The molecule has 0 unspecified atom stereocenters. The smallest absolute Gasteiger partial charge is 0.259 e. The van der Waals surface area contributed by atoms with Gasteiger partial charge in [-0.25, -0.2) is 5.43 Å². The molecular weight excluding hydrogens is 350 g/mol. The second-order valence-electron chi connectivity index (χ2n) is 6.43. The van der Waals surface area contributed by atoms with Gasteiger partial charge in [0.25, 0.3) is 5.91 Å². The minimum atomic E-state index is -0.213. The number of carbonyl (C=O) groups excluding carboxylic acids is 1. The predicted octanol–water partition coefficient (Wildman–Crippen LogP) is 4.87. The lowest BCUT2D eigenvalue weighted by Gasteiger charge is -2.09. The Balaban J connectivity index is 1.90. The molecule has 0 radical (unpaired) electrons. The summed E-state index contributed by atoms with van der Waals surface area (Å²) < 4.78 is 5.26. The zero-order valence-electron chi connectivity index (χ0n) is 16.7. The molecule has 5 nitrogen and oxygen atoms in total. The SMILES string of the molecule is CCCCCC(/C=N\NC(=O)CNc1ccccc1OC)=C\c1ccccc1. The maximum Gasteiger partial charge on any atom is 0.259 e. The first-order valence-electron chi connectivity index (χ1n) is 9.67. The second-order valence-corrected chi connectivity index (χ2v) is 6.43. The summed E-state index contributed by atoms with van der Waals surface area (Å²) in [6.07, 6.45) is 8.23. The highest BCUT2D eigenvalue weighted by molar-refractivity contribution is 5.87. The fourth-order valence-corrected chi connectivity index (χ4v) is 2.71. The molecule has 2 N–H and O–H groups in total. The summed E-state index contributed by atoms with van der Waals surface area (Å²) in [6.45, 7) is 2.30. The fraction of sp³-hybridized carbons (Fsp3) is 0.304. The zero-order valence-corrected chi connectivity index (χ0v) is 16.7. The number of unbranched alkanes of at least 4 members (excludes halogenated alkanes) is 2. The summed E-state index contributed by atoms with van der Waals surface area (Å²) in [4.78, 5) is 12.1. The summed E-state index contributed by atoms with van der Waals surface area (Å²) in [5.41, 5.74) is 5.58. The summed E-state index contributed by atoms with van der Waals surface area (Å²) >= 11 is 0. The van der Waals surface area contributed by atoms with Crippen molar-refractivity contribution < 1.29 is 9.53 Å². The van der Waals surface area contributed by atoms with Gasteiger partial charge in [0.15, 0.2) is 0 Å². The number of ether oxygens (including phenoxy) is 1. The summed E-state index contributed by atoms with van der Waals surface area (Å²) in [5.74, 6) is 0.484. The van der Waals surface area contributed by atoms with Crippen molar-refractivity contribution in [2.45, 2.75) is 32.6 Å². The quantitative estimate of drug-likeness (QED) is 0.332. The first-order valence-corrected chi connectivity index (χ1v) is 9.67. The van der Waals surface area contributed by atoms with E-state index in [9.17, 15) is 4.79 Å². The minimum absolute atomic E-state index is 0.116. The van der Waals surface area contributed by atoms with Crippen molar-refractivity contribution in [3.63, 3.8) is 0 Å². The van der Waals surface area contributed by atoms with Crippen molar-refractivity contribution in [3.05, 3.63) is 65.7 Å². The number of allylic oxidation sites excluding steroid dienone is 1. The number of methoxy groups -OCH3 is 1. The average molecular weight is 380 g/mol. The number of hydrogen-bond donors (Lipinski definition) is 2. The first kappa shape index (κ1) is 21.2. The fourth-order valence-electron chi connectivity index (χ4n) is 2.71. The Kier molecular flexibility index (Phi) is 9.35. The van der Waals surface area contributed by atoms with Gasteiger partial charge in [0.2, 0.25) is 0 Å². The van der Waals surface area contributed by atoms with Crippen LogP contribution < -0.4 is 15.5 Å². The topological polar surface area (TPSA) is 62.7 Å². The monoisotopic (exact) mass is 379 g/mol. The van der Waals surface area contributed by atoms with E-state index < -0.39 is 0 Å². The van der Waals surface area contributed by atoms with Crippen molar-refractivity contribution in [1.82, 2.24) is 5.43 Å². The van der Waals surface area contributed by atoms with Gasteiger partial charge in [-0.3, -0.25) is 4.79 Å². The Morgan fingerprint density at radius 1 is 1.07 bits per heavy atom. The van der Waals surface area contributed by atoms with Crippen molar-refractivity contribution in [2.75, 3.05) is 19.0 Å². The maximum atomic E-state index is 12.1. The zero-order chi connectivity index (χ0) is 20.0. The van der Waals surface area contributed by atoms with Crippen molar-refractivity contribution in [1.29, 1.82) is 0 Å². The normalized spacial score (nSPS) is 11.4. The van der Waals surface area contributed by atoms with E-state index in [1.807, 2.05) is 42.5 Å². The molecule has 2 aromatic carbocycles. The Hall–Kier alpha value is -3.08. The highest BCUT2D eigenvalue weighted by Gasteiger charge is 2.04. The molecular formula is C23H29N3O2. The van der Waals surface area contributed by atoms with Gasteiger partial charge in [0.1, 0.15) is 5.75 Å². The molecule has 0 heterocycles. The van der Waals surface area contributed by atoms with Crippen LogP contribution in [0.3, 0.4) is 0 Å². The highest BCUT2D eigenvalue weighted by Crippen LogP contribution is 2.22. The molecule has 5 heteroatoms. The van der Waals surface area contributed by atoms with Crippen LogP contribution in [-0.2, 0) is 4.79 Å². The second kappa shape index (κ2) is 12.3. The number of hydrogen-bond acceptors (Lipinski definition) is 4. The summed E-state index contributed by atoms with van der Waals surface area (Å²) in [7, 11) is 1.60. The minimum Gasteiger partial charge on any atom is -0.495 e. The van der Waals surface area contributed by atoms with Crippen LogP contribution in [0.15, 0.2) is 65.3 Å². The van der Waals surface area contributed by atoms with Crippen LogP contribution in [0, 0.1) is 0 Å². The van der Waals surface area contributed by atoms with Gasteiger partial charge in [-0.05, 0) is 36.1 Å². The molecule has 2 rings (SSSR count). The van der Waals surface area contributed by atoms with E-state index in [1.54, 1.807) is 13.3 Å². The van der Waals surface area contributed by atoms with Crippen molar-refractivity contribution in [2.24, 2.45) is 5.10 Å². The van der Waals surface area contributed by atoms with Gasteiger partial charge in [-0.1, -0.05) is 68.3 Å². The molecule has 28 heavy (non-hydrogen) atoms. The number of para-hydroxylation sites is 2. The number of anilines is 1. The molecule has 0 saturated carbocycles. The molecule has 0 spiro atoms. The van der Waals surface area contributed by atoms with Crippen LogP contribution >= 0.6 is 0 Å². The van der Waals surface area contributed by atoms with E-state index in [2.05, 4.69) is 41.0 Å². The molecule has 0 bridgehead atoms. The Morgan fingerprint density at radius 3 is 2.57 bits per heavy atom. The van der Waals surface area contributed by atoms with Crippen LogP contribution in [0.25, 0.3) is 6.08 Å². The van der Waals surface area contributed by atoms with E-state index >= 15 is 0 Å². The number of amides is 1. The molecule has 2 aromatic rings. The Morgan fingerprint density at radius 2 is 1.82 bits per heavy atom. The van der Waals surface area contributed by atoms with Gasteiger partial charge in [-0.2, -0.15) is 5.10 Å². The van der Waals surface area contributed by atoms with Crippen LogP contribution in [0.1, 0.15) is 38.2 Å². The lowest BCUT2D eigenvalue weighted by Crippen LogP contribution is -2.26. The van der Waals surface area contributed by atoms with Gasteiger partial charge in [-0.15, -0.1) is 0 Å². The van der Waals surface area contributed by atoms with Crippen LogP contribution in [0.4, 0.5) is 5.69 Å². The Bertz CT molecular complexity index is 785. The molecule has 0 aliphatic rings. The molecule has 0 fully saturated rings. The third-order valence-corrected chi connectivity index (χ3v) is 4.19. The number of nitrogens with one attached hydrogen (secondary N) is 2. The van der Waals surface area contributed by atoms with Gasteiger partial charge < -0.3 is 10.1 Å². The molecule has 0 aliphatic heterocycles. The number of benzene rings is 2. The molecule has 1 amide bonds.